The molecule has 0 saturated carbocycles. The molecule has 1 aliphatic rings. The average molecular weight is 368 g/mol. The molecule has 27 heavy (non-hydrogen) atoms. The molecule has 0 aromatic heterocycles. The van der Waals surface area contributed by atoms with E-state index in [4.69, 9.17) is 18.9 Å². The summed E-state index contributed by atoms with van der Waals surface area (Å²) in [7, 11) is 1.56. The molecule has 0 amide bonds. The van der Waals surface area contributed by atoms with Crippen molar-refractivity contribution >= 4 is 6.29 Å². The van der Waals surface area contributed by atoms with Crippen LogP contribution in [-0.4, -0.2) is 38.3 Å². The first-order valence-electron chi connectivity index (χ1n) is 8.92. The van der Waals surface area contributed by atoms with Crippen LogP contribution in [0, 0.1) is 0 Å². The lowest BCUT2D eigenvalue weighted by Crippen LogP contribution is -2.48. The van der Waals surface area contributed by atoms with Gasteiger partial charge in [0, 0.05) is 7.11 Å². The number of ether oxygens (including phenoxy) is 4. The van der Waals surface area contributed by atoms with Gasteiger partial charge >= 0.3 is 0 Å². The minimum absolute atomic E-state index is 0.330. The largest absolute Gasteiger partial charge is 0.492 e. The number of benzene rings is 2. The Morgan fingerprint density at radius 3 is 2.19 bits per heavy atom. The highest BCUT2D eigenvalue weighted by Crippen LogP contribution is 2.25. The van der Waals surface area contributed by atoms with Gasteiger partial charge in [0.2, 0.25) is 0 Å². The number of carbonyl (C=O) groups excluding carboxylic acids is 1. The van der Waals surface area contributed by atoms with Gasteiger partial charge in [0.05, 0.1) is 31.7 Å². The van der Waals surface area contributed by atoms with Crippen LogP contribution in [0.3, 0.4) is 0 Å². The van der Waals surface area contributed by atoms with Crippen LogP contribution in [0.5, 0.6) is 0 Å². The zero-order valence-electron chi connectivity index (χ0n) is 15.3. The second kappa shape index (κ2) is 10.0. The predicted octanol–water partition coefficient (Wildman–Crippen LogP) is 3.29. The van der Waals surface area contributed by atoms with E-state index >= 15 is 0 Å². The van der Waals surface area contributed by atoms with Crippen LogP contribution in [0.4, 0.5) is 0 Å². The van der Waals surface area contributed by atoms with E-state index in [-0.39, 0.29) is 6.10 Å². The van der Waals surface area contributed by atoms with Gasteiger partial charge in [-0.15, -0.1) is 0 Å². The fraction of sp³-hybridized carbons (Fsp3) is 0.318. The monoisotopic (exact) mass is 368 g/mol. The van der Waals surface area contributed by atoms with Crippen molar-refractivity contribution in [3.05, 3.63) is 83.6 Å². The molecule has 0 radical (unpaired) electrons. The van der Waals surface area contributed by atoms with E-state index in [1.807, 2.05) is 60.7 Å². The van der Waals surface area contributed by atoms with E-state index in [0.29, 0.717) is 25.4 Å². The molecule has 3 rings (SSSR count). The average Bonchev–Trinajstić information content (AvgIpc) is 2.73. The lowest BCUT2D eigenvalue weighted by Gasteiger charge is -2.35. The van der Waals surface area contributed by atoms with Gasteiger partial charge < -0.3 is 18.9 Å². The Morgan fingerprint density at radius 1 is 0.963 bits per heavy atom. The number of carbonyl (C=O) groups is 1. The summed E-state index contributed by atoms with van der Waals surface area (Å²) in [5.41, 5.74) is 2.55. The molecule has 0 spiro atoms. The summed E-state index contributed by atoms with van der Waals surface area (Å²) in [4.78, 5) is 11.3. The quantitative estimate of drug-likeness (QED) is 0.636. The first kappa shape index (κ1) is 19.3. The summed E-state index contributed by atoms with van der Waals surface area (Å²) < 4.78 is 23.2. The fourth-order valence-corrected chi connectivity index (χ4v) is 3.02. The second-order valence-corrected chi connectivity index (χ2v) is 6.33. The molecule has 2 aromatic carbocycles. The highest BCUT2D eigenvalue weighted by atomic mass is 16.6. The minimum atomic E-state index is -0.495. The summed E-state index contributed by atoms with van der Waals surface area (Å²) in [6.45, 7) is 1.21. The van der Waals surface area contributed by atoms with Crippen LogP contribution in [0.15, 0.2) is 72.5 Å². The number of hydrogen-bond acceptors (Lipinski definition) is 5. The van der Waals surface area contributed by atoms with Crippen LogP contribution in [0.1, 0.15) is 11.1 Å². The first-order chi connectivity index (χ1) is 13.3. The van der Waals surface area contributed by atoms with E-state index < -0.39 is 12.2 Å². The number of rotatable bonds is 9. The Bertz CT molecular complexity index is 729. The molecule has 0 bridgehead atoms. The molecular weight excluding hydrogens is 344 g/mol. The smallest absolute Gasteiger partial charge is 0.151 e. The molecular formula is C22H24O5. The highest BCUT2D eigenvalue weighted by Gasteiger charge is 2.38. The first-order valence-corrected chi connectivity index (χ1v) is 8.92. The lowest BCUT2D eigenvalue weighted by atomic mass is 9.99. The van der Waals surface area contributed by atoms with Crippen LogP contribution in [0.2, 0.25) is 0 Å². The number of hydrogen-bond donors (Lipinski definition) is 0. The normalized spacial score (nSPS) is 22.0. The van der Waals surface area contributed by atoms with Crippen molar-refractivity contribution in [1.82, 2.24) is 0 Å². The molecule has 0 N–H and O–H groups in total. The molecule has 0 fully saturated rings. The SMILES string of the molecule is CO[C@H]1C(C=O)=CO[C@H](COCc2ccccc2)[C@@H]1OCc1ccccc1. The predicted molar refractivity (Wildman–Crippen MR) is 101 cm³/mol. The molecule has 142 valence electrons. The fourth-order valence-electron chi connectivity index (χ4n) is 3.02. The van der Waals surface area contributed by atoms with E-state index in [2.05, 4.69) is 0 Å². The van der Waals surface area contributed by atoms with Crippen molar-refractivity contribution in [2.75, 3.05) is 13.7 Å². The van der Waals surface area contributed by atoms with Gasteiger partial charge in [-0.3, -0.25) is 4.79 Å². The van der Waals surface area contributed by atoms with Crippen LogP contribution in [-0.2, 0) is 37.0 Å². The van der Waals surface area contributed by atoms with Crippen molar-refractivity contribution in [3.8, 4) is 0 Å². The third-order valence-corrected chi connectivity index (χ3v) is 4.44. The van der Waals surface area contributed by atoms with E-state index in [1.165, 1.54) is 6.26 Å². The molecule has 5 heteroatoms. The van der Waals surface area contributed by atoms with Crippen molar-refractivity contribution in [2.45, 2.75) is 31.5 Å². The standard InChI is InChI=1S/C22H24O5/c1-24-21-19(12-23)15-26-20(16-25-13-17-8-4-2-5-9-17)22(21)27-14-18-10-6-3-7-11-18/h2-12,15,20-22H,13-14,16H2,1H3/t20-,21+,22+/m1/s1. The van der Waals surface area contributed by atoms with Crippen molar-refractivity contribution in [3.63, 3.8) is 0 Å². The maximum absolute atomic E-state index is 11.3. The molecule has 0 aliphatic carbocycles. The summed E-state index contributed by atoms with van der Waals surface area (Å²) in [5.74, 6) is 0. The third-order valence-electron chi connectivity index (χ3n) is 4.44. The van der Waals surface area contributed by atoms with Crippen LogP contribution in [0.25, 0.3) is 0 Å². The second-order valence-electron chi connectivity index (χ2n) is 6.33. The van der Waals surface area contributed by atoms with Crippen LogP contribution < -0.4 is 0 Å². The Morgan fingerprint density at radius 2 is 1.59 bits per heavy atom. The topological polar surface area (TPSA) is 54.0 Å². The van der Waals surface area contributed by atoms with E-state index in [0.717, 1.165) is 17.4 Å². The van der Waals surface area contributed by atoms with Crippen LogP contribution >= 0.6 is 0 Å². The van der Waals surface area contributed by atoms with Gasteiger partial charge in [0.15, 0.2) is 6.29 Å². The molecule has 2 aromatic rings. The van der Waals surface area contributed by atoms with Gasteiger partial charge in [-0.1, -0.05) is 60.7 Å². The minimum Gasteiger partial charge on any atom is -0.492 e. The molecule has 1 aliphatic heterocycles. The Hall–Kier alpha value is -2.47. The molecule has 1 heterocycles. The maximum Gasteiger partial charge on any atom is 0.151 e. The summed E-state index contributed by atoms with van der Waals surface area (Å²) in [6.07, 6.45) is 0.876. The van der Waals surface area contributed by atoms with E-state index in [9.17, 15) is 4.79 Å². The Balaban J connectivity index is 1.65. The zero-order valence-corrected chi connectivity index (χ0v) is 15.3. The van der Waals surface area contributed by atoms with Crippen molar-refractivity contribution in [2.24, 2.45) is 0 Å². The molecule has 5 nitrogen and oxygen atoms in total. The van der Waals surface area contributed by atoms with Gasteiger partial charge in [-0.25, -0.2) is 0 Å². The van der Waals surface area contributed by atoms with Gasteiger partial charge in [-0.05, 0) is 11.1 Å². The van der Waals surface area contributed by atoms with Gasteiger partial charge in [0.25, 0.3) is 0 Å². The van der Waals surface area contributed by atoms with Gasteiger partial charge in [-0.2, -0.15) is 0 Å². The van der Waals surface area contributed by atoms with Gasteiger partial charge in [0.1, 0.15) is 18.3 Å². The summed E-state index contributed by atoms with van der Waals surface area (Å²) in [6, 6.07) is 19.8. The molecule has 3 atom stereocenters. The number of methoxy groups -OCH3 is 1. The van der Waals surface area contributed by atoms with Crippen molar-refractivity contribution in [1.29, 1.82) is 0 Å². The number of aldehydes is 1. The van der Waals surface area contributed by atoms with E-state index in [1.54, 1.807) is 7.11 Å². The summed E-state index contributed by atoms with van der Waals surface area (Å²) in [5, 5.41) is 0. The maximum atomic E-state index is 11.3. The highest BCUT2D eigenvalue weighted by molar-refractivity contribution is 5.74. The zero-order chi connectivity index (χ0) is 18.9. The third kappa shape index (κ3) is 5.26. The molecule has 0 unspecified atom stereocenters. The summed E-state index contributed by atoms with van der Waals surface area (Å²) >= 11 is 0. The lowest BCUT2D eigenvalue weighted by molar-refractivity contribution is -0.144. The Labute approximate surface area is 159 Å². The molecule has 0 saturated heterocycles. The Kier molecular flexibility index (Phi) is 7.16. The van der Waals surface area contributed by atoms with Crippen molar-refractivity contribution < 1.29 is 23.7 Å².